The minimum Gasteiger partial charge on any atom is -0.493 e. The first-order chi connectivity index (χ1) is 12.9. The zero-order valence-electron chi connectivity index (χ0n) is 15.2. The van der Waals surface area contributed by atoms with Crippen LogP contribution in [0.15, 0.2) is 23.6 Å². The zero-order chi connectivity index (χ0) is 19.7. The second kappa shape index (κ2) is 6.92. The van der Waals surface area contributed by atoms with Crippen LogP contribution in [0.1, 0.15) is 29.7 Å². The third-order valence-electron chi connectivity index (χ3n) is 4.19. The molecule has 1 aliphatic rings. The summed E-state index contributed by atoms with van der Waals surface area (Å²) in [7, 11) is 2.89. The summed E-state index contributed by atoms with van der Waals surface area (Å²) in [5, 5.41) is 16.6. The van der Waals surface area contributed by atoms with Crippen LogP contribution in [0.25, 0.3) is 0 Å². The highest BCUT2D eigenvalue weighted by Crippen LogP contribution is 2.47. The number of ether oxygens (including phenoxy) is 4. The second-order valence-electron chi connectivity index (χ2n) is 5.84. The first kappa shape index (κ1) is 18.1. The van der Waals surface area contributed by atoms with Crippen LogP contribution in [0.4, 0.5) is 0 Å². The average molecular weight is 370 g/mol. The van der Waals surface area contributed by atoms with Crippen molar-refractivity contribution in [1.29, 1.82) is 5.26 Å². The number of carbonyl (C=O) groups excluding carboxylic acids is 1. The summed E-state index contributed by atoms with van der Waals surface area (Å²) in [6, 6.07) is 5.43. The quantitative estimate of drug-likeness (QED) is 0.616. The maximum Gasteiger partial charge on any atom is 0.308 e. The topological polar surface area (TPSA) is 132 Å². The van der Waals surface area contributed by atoms with Gasteiger partial charge in [-0.1, -0.05) is 0 Å². The molecule has 27 heavy (non-hydrogen) atoms. The molecule has 3 rings (SSSR count). The highest BCUT2D eigenvalue weighted by Gasteiger charge is 2.35. The Morgan fingerprint density at radius 1 is 1.33 bits per heavy atom. The standard InChI is InChI=1S/C18H18N4O5/c1-8-14-15(11(7-19)17(20)27-18(14)22-21-8)10-5-12(24-3)16(26-9(2)23)13(6-10)25-4/h5-6,15H,20H2,1-4H3,(H,21,22)/t15-/m1/s1. The lowest BCUT2D eigenvalue weighted by Crippen LogP contribution is -2.21. The number of methoxy groups -OCH3 is 2. The smallest absolute Gasteiger partial charge is 0.308 e. The number of nitrogens with zero attached hydrogens (tertiary/aromatic N) is 2. The highest BCUT2D eigenvalue weighted by molar-refractivity contribution is 5.73. The number of nitrogens with two attached hydrogens (primary N) is 1. The average Bonchev–Trinajstić information content (AvgIpc) is 3.00. The molecule has 0 bridgehead atoms. The van der Waals surface area contributed by atoms with E-state index < -0.39 is 11.9 Å². The monoisotopic (exact) mass is 370 g/mol. The number of fused-ring (bicyclic) bond motifs is 1. The van der Waals surface area contributed by atoms with Crippen LogP contribution in [-0.2, 0) is 4.79 Å². The molecule has 0 unspecified atom stereocenters. The van der Waals surface area contributed by atoms with E-state index >= 15 is 0 Å². The van der Waals surface area contributed by atoms with Crippen molar-refractivity contribution in [2.75, 3.05) is 14.2 Å². The summed E-state index contributed by atoms with van der Waals surface area (Å²) >= 11 is 0. The van der Waals surface area contributed by atoms with Gasteiger partial charge in [0.1, 0.15) is 11.6 Å². The zero-order valence-corrected chi connectivity index (χ0v) is 15.2. The maximum absolute atomic E-state index is 11.4. The Kier molecular flexibility index (Phi) is 4.64. The number of aromatic nitrogens is 2. The maximum atomic E-state index is 11.4. The largest absolute Gasteiger partial charge is 0.493 e. The molecule has 0 spiro atoms. The van der Waals surface area contributed by atoms with Crippen LogP contribution >= 0.6 is 0 Å². The molecule has 1 aromatic carbocycles. The molecule has 3 N–H and O–H groups in total. The minimum absolute atomic E-state index is 0.0245. The molecule has 2 heterocycles. The summed E-state index contributed by atoms with van der Waals surface area (Å²) in [5.41, 5.74) is 8.23. The fourth-order valence-electron chi connectivity index (χ4n) is 3.04. The summed E-state index contributed by atoms with van der Waals surface area (Å²) in [5.74, 6) is -0.0662. The molecule has 140 valence electrons. The van der Waals surface area contributed by atoms with Crippen LogP contribution in [-0.4, -0.2) is 30.4 Å². The molecule has 1 aliphatic heterocycles. The van der Waals surface area contributed by atoms with Crippen molar-refractivity contribution in [3.63, 3.8) is 0 Å². The van der Waals surface area contributed by atoms with E-state index in [-0.39, 0.29) is 28.7 Å². The summed E-state index contributed by atoms with van der Waals surface area (Å²) in [4.78, 5) is 11.4. The number of aromatic amines is 1. The van der Waals surface area contributed by atoms with Crippen molar-refractivity contribution in [3.05, 3.63) is 40.4 Å². The molecular formula is C18H18N4O5. The van der Waals surface area contributed by atoms with Crippen molar-refractivity contribution in [2.24, 2.45) is 5.73 Å². The van der Waals surface area contributed by atoms with E-state index in [0.29, 0.717) is 17.0 Å². The number of nitriles is 1. The molecule has 1 aromatic heterocycles. The van der Waals surface area contributed by atoms with E-state index in [9.17, 15) is 10.1 Å². The van der Waals surface area contributed by atoms with Gasteiger partial charge in [0.2, 0.25) is 17.5 Å². The Balaban J connectivity index is 2.25. The normalized spacial score (nSPS) is 15.4. The van der Waals surface area contributed by atoms with Crippen LogP contribution in [0, 0.1) is 18.3 Å². The van der Waals surface area contributed by atoms with Crippen molar-refractivity contribution in [3.8, 4) is 29.2 Å². The number of allylic oxidation sites excluding steroid dienone is 1. The van der Waals surface area contributed by atoms with E-state index in [2.05, 4.69) is 16.3 Å². The molecule has 0 saturated carbocycles. The molecular weight excluding hydrogens is 352 g/mol. The number of carbonyl (C=O) groups is 1. The molecule has 1 atom stereocenters. The molecule has 0 radical (unpaired) electrons. The van der Waals surface area contributed by atoms with Gasteiger partial charge in [0.15, 0.2) is 11.5 Å². The number of H-pyrrole nitrogens is 1. The SMILES string of the molecule is COc1cc([C@@H]2C(C#N)=C(N)Oc3n[nH]c(C)c32)cc(OC)c1OC(C)=O. The number of rotatable bonds is 4. The fourth-order valence-corrected chi connectivity index (χ4v) is 3.04. The van der Waals surface area contributed by atoms with Gasteiger partial charge in [0.05, 0.1) is 20.1 Å². The fraction of sp³-hybridized carbons (Fsp3) is 0.278. The van der Waals surface area contributed by atoms with Crippen LogP contribution < -0.4 is 24.7 Å². The lowest BCUT2D eigenvalue weighted by Gasteiger charge is -2.25. The van der Waals surface area contributed by atoms with Crippen molar-refractivity contribution in [1.82, 2.24) is 10.2 Å². The molecule has 0 amide bonds. The van der Waals surface area contributed by atoms with Gasteiger partial charge in [-0.2, -0.15) is 5.26 Å². The van der Waals surface area contributed by atoms with E-state index in [0.717, 1.165) is 5.69 Å². The number of esters is 1. The first-order valence-electron chi connectivity index (χ1n) is 7.98. The highest BCUT2D eigenvalue weighted by atomic mass is 16.6. The summed E-state index contributed by atoms with van der Waals surface area (Å²) < 4.78 is 21.4. The van der Waals surface area contributed by atoms with Gasteiger partial charge in [0.25, 0.3) is 0 Å². The van der Waals surface area contributed by atoms with Gasteiger partial charge in [-0.25, -0.2) is 0 Å². The van der Waals surface area contributed by atoms with E-state index in [1.807, 2.05) is 6.92 Å². The van der Waals surface area contributed by atoms with Crippen LogP contribution in [0.5, 0.6) is 23.1 Å². The molecule has 0 fully saturated rings. The Morgan fingerprint density at radius 2 is 1.96 bits per heavy atom. The third kappa shape index (κ3) is 3.01. The lowest BCUT2D eigenvalue weighted by molar-refractivity contribution is -0.132. The molecule has 9 nitrogen and oxygen atoms in total. The van der Waals surface area contributed by atoms with Crippen LogP contribution in [0.3, 0.4) is 0 Å². The molecule has 0 saturated heterocycles. The van der Waals surface area contributed by atoms with Gasteiger partial charge in [-0.15, -0.1) is 5.10 Å². The van der Waals surface area contributed by atoms with Crippen LogP contribution in [0.2, 0.25) is 0 Å². The Morgan fingerprint density at radius 3 is 2.48 bits per heavy atom. The predicted octanol–water partition coefficient (Wildman–Crippen LogP) is 1.88. The van der Waals surface area contributed by atoms with E-state index in [4.69, 9.17) is 24.7 Å². The van der Waals surface area contributed by atoms with Crippen molar-refractivity contribution >= 4 is 5.97 Å². The number of aryl methyl sites for hydroxylation is 1. The number of hydrogen-bond donors (Lipinski definition) is 2. The van der Waals surface area contributed by atoms with E-state index in [1.54, 1.807) is 12.1 Å². The lowest BCUT2D eigenvalue weighted by atomic mass is 9.84. The van der Waals surface area contributed by atoms with Crippen molar-refractivity contribution in [2.45, 2.75) is 19.8 Å². The van der Waals surface area contributed by atoms with Gasteiger partial charge in [0, 0.05) is 18.2 Å². The second-order valence-corrected chi connectivity index (χ2v) is 5.84. The Bertz CT molecular complexity index is 961. The number of nitrogens with one attached hydrogen (secondary N) is 1. The predicted molar refractivity (Wildman–Crippen MR) is 93.5 cm³/mol. The molecule has 9 heteroatoms. The summed E-state index contributed by atoms with van der Waals surface area (Å²) in [6.45, 7) is 3.10. The minimum atomic E-state index is -0.549. The molecule has 2 aromatic rings. The van der Waals surface area contributed by atoms with Gasteiger partial charge < -0.3 is 24.7 Å². The Labute approximate surface area is 155 Å². The van der Waals surface area contributed by atoms with Gasteiger partial charge in [-0.3, -0.25) is 9.89 Å². The van der Waals surface area contributed by atoms with Gasteiger partial charge >= 0.3 is 5.97 Å². The third-order valence-corrected chi connectivity index (χ3v) is 4.19. The van der Waals surface area contributed by atoms with Crippen molar-refractivity contribution < 1.29 is 23.7 Å². The van der Waals surface area contributed by atoms with Gasteiger partial charge in [-0.05, 0) is 24.6 Å². The summed E-state index contributed by atoms with van der Waals surface area (Å²) in [6.07, 6.45) is 0. The number of benzene rings is 1. The first-order valence-corrected chi connectivity index (χ1v) is 7.98. The number of hydrogen-bond acceptors (Lipinski definition) is 8. The van der Waals surface area contributed by atoms with E-state index in [1.165, 1.54) is 21.1 Å². The molecule has 0 aliphatic carbocycles. The Hall–Kier alpha value is -3.67.